The maximum atomic E-state index is 12.2. The predicted molar refractivity (Wildman–Crippen MR) is 138 cm³/mol. The molecular weight excluding hydrogens is 473 g/mol. The molecule has 1 amide bonds. The lowest BCUT2D eigenvalue weighted by molar-refractivity contribution is -0.0255. The normalized spacial score (nSPS) is 15.0. The van der Waals surface area contributed by atoms with Crippen LogP contribution < -0.4 is 5.32 Å². The van der Waals surface area contributed by atoms with Crippen molar-refractivity contribution >= 4 is 13.9 Å². The molecule has 0 aliphatic carbocycles. The lowest BCUT2D eigenvalue weighted by atomic mass is 9.99. The van der Waals surface area contributed by atoms with E-state index in [1.165, 1.54) is 72.0 Å². The number of carbonyl (C=O) groups is 1. The van der Waals surface area contributed by atoms with Crippen molar-refractivity contribution in [3.63, 3.8) is 0 Å². The third-order valence-electron chi connectivity index (χ3n) is 5.72. The van der Waals surface area contributed by atoms with Gasteiger partial charge in [-0.05, 0) is 27.2 Å². The number of ether oxygens (including phenoxy) is 1. The quantitative estimate of drug-likeness (QED) is 0.121. The highest BCUT2D eigenvalue weighted by molar-refractivity contribution is 7.48. The zero-order valence-corrected chi connectivity index (χ0v) is 23.8. The molecule has 0 aliphatic heterocycles. The lowest BCUT2D eigenvalue weighted by Gasteiger charge is -2.29. The summed E-state index contributed by atoms with van der Waals surface area (Å²) in [6.07, 6.45) is 11.6. The molecular formula is C25H52NO8P. The summed E-state index contributed by atoms with van der Waals surface area (Å²) in [5.41, 5.74) is -0.748. The molecule has 0 spiro atoms. The van der Waals surface area contributed by atoms with Crippen LogP contribution in [0.4, 0.5) is 4.79 Å². The molecule has 0 heterocycles. The second-order valence-electron chi connectivity index (χ2n) is 10.1. The molecule has 0 saturated carbocycles. The van der Waals surface area contributed by atoms with Crippen LogP contribution in [0.5, 0.6) is 0 Å². The van der Waals surface area contributed by atoms with Gasteiger partial charge in [0.25, 0.3) is 0 Å². The number of aliphatic hydroxyl groups is 2. The molecule has 0 saturated heterocycles. The maximum Gasteiger partial charge on any atom is 0.474 e. The lowest BCUT2D eigenvalue weighted by Crippen LogP contribution is -2.52. The zero-order chi connectivity index (χ0) is 26.7. The van der Waals surface area contributed by atoms with Crippen LogP contribution in [0.15, 0.2) is 0 Å². The van der Waals surface area contributed by atoms with E-state index in [9.17, 15) is 19.6 Å². The summed E-state index contributed by atoms with van der Waals surface area (Å²) in [7, 11) is -1.49. The van der Waals surface area contributed by atoms with Crippen LogP contribution in [0.1, 0.15) is 111 Å². The summed E-state index contributed by atoms with van der Waals surface area (Å²) in [6, 6.07) is -1.07. The maximum absolute atomic E-state index is 12.2. The van der Waals surface area contributed by atoms with Crippen molar-refractivity contribution in [3.8, 4) is 0 Å². The molecule has 0 aromatic carbocycles. The first-order chi connectivity index (χ1) is 16.5. The van der Waals surface area contributed by atoms with E-state index < -0.39 is 44.4 Å². The van der Waals surface area contributed by atoms with Gasteiger partial charge in [0.15, 0.2) is 0 Å². The number of aliphatic hydroxyl groups excluding tert-OH is 2. The predicted octanol–water partition coefficient (Wildman–Crippen LogP) is 6.11. The molecule has 0 bridgehead atoms. The van der Waals surface area contributed by atoms with Crippen LogP contribution in [0, 0.1) is 0 Å². The van der Waals surface area contributed by atoms with Crippen molar-refractivity contribution in [2.24, 2.45) is 0 Å². The second kappa shape index (κ2) is 19.4. The number of rotatable bonds is 21. The van der Waals surface area contributed by atoms with Gasteiger partial charge < -0.3 is 20.3 Å². The Morgan fingerprint density at radius 3 is 1.74 bits per heavy atom. The van der Waals surface area contributed by atoms with E-state index in [1.54, 1.807) is 20.8 Å². The minimum absolute atomic E-state index is 0.372. The first-order valence-corrected chi connectivity index (χ1v) is 14.7. The number of amides is 1. The van der Waals surface area contributed by atoms with Gasteiger partial charge in [-0.2, -0.15) is 0 Å². The average Bonchev–Trinajstić information content (AvgIpc) is 2.80. The average molecular weight is 526 g/mol. The molecule has 0 unspecified atom stereocenters. The Morgan fingerprint density at radius 1 is 0.857 bits per heavy atom. The van der Waals surface area contributed by atoms with Crippen molar-refractivity contribution in [3.05, 3.63) is 0 Å². The van der Waals surface area contributed by atoms with Crippen molar-refractivity contribution < 1.29 is 37.9 Å². The molecule has 3 atom stereocenters. The Bertz CT molecular complexity index is 576. The van der Waals surface area contributed by atoms with Crippen molar-refractivity contribution in [1.29, 1.82) is 0 Å². The number of carbonyl (C=O) groups excluding carboxylic acids is 1. The Hall–Kier alpha value is -0.700. The summed E-state index contributed by atoms with van der Waals surface area (Å²) in [4.78, 5) is 12.2. The number of phosphoric ester groups is 1. The van der Waals surface area contributed by atoms with E-state index in [4.69, 9.17) is 18.3 Å². The largest absolute Gasteiger partial charge is 0.474 e. The molecule has 0 rings (SSSR count). The van der Waals surface area contributed by atoms with E-state index in [-0.39, 0.29) is 0 Å². The standard InChI is InChI=1S/C25H52NO8P/c1-7-8-9-10-11-12-13-14-15-16-17-18-19-22(27)23(28)21(20-33-35(30,31-5)32-6)26-24(29)34-25(2,3)4/h21-23,27-28H,7-20H2,1-6H3,(H,26,29)/t21-,22+,23-/m0/s1. The molecule has 0 fully saturated rings. The molecule has 10 heteroatoms. The second-order valence-corrected chi connectivity index (χ2v) is 12.0. The zero-order valence-electron chi connectivity index (χ0n) is 22.9. The van der Waals surface area contributed by atoms with Crippen LogP contribution in [-0.2, 0) is 22.9 Å². The summed E-state index contributed by atoms with van der Waals surface area (Å²) in [5.74, 6) is 0. The molecule has 0 aliphatic rings. The number of alkyl carbamates (subject to hydrolysis) is 1. The monoisotopic (exact) mass is 525 g/mol. The number of unbranched alkanes of at least 4 members (excludes halogenated alkanes) is 11. The summed E-state index contributed by atoms with van der Waals surface area (Å²) < 4.78 is 32.1. The molecule has 0 radical (unpaired) electrons. The van der Waals surface area contributed by atoms with E-state index >= 15 is 0 Å². The fourth-order valence-electron chi connectivity index (χ4n) is 3.67. The molecule has 0 aromatic heterocycles. The van der Waals surface area contributed by atoms with Crippen LogP contribution in [0.25, 0.3) is 0 Å². The first-order valence-electron chi connectivity index (χ1n) is 13.2. The third-order valence-corrected chi connectivity index (χ3v) is 7.08. The van der Waals surface area contributed by atoms with Crippen LogP contribution >= 0.6 is 7.82 Å². The highest BCUT2D eigenvalue weighted by atomic mass is 31.2. The van der Waals surface area contributed by atoms with E-state index in [0.717, 1.165) is 19.3 Å². The fourth-order valence-corrected chi connectivity index (χ4v) is 4.37. The Labute approximate surface area is 213 Å². The number of hydrogen-bond donors (Lipinski definition) is 3. The van der Waals surface area contributed by atoms with Crippen LogP contribution in [0.3, 0.4) is 0 Å². The highest BCUT2D eigenvalue weighted by Gasteiger charge is 2.33. The van der Waals surface area contributed by atoms with Gasteiger partial charge in [-0.15, -0.1) is 0 Å². The van der Waals surface area contributed by atoms with Crippen LogP contribution in [0.2, 0.25) is 0 Å². The highest BCUT2D eigenvalue weighted by Crippen LogP contribution is 2.47. The van der Waals surface area contributed by atoms with Gasteiger partial charge in [0, 0.05) is 14.2 Å². The summed E-state index contributed by atoms with van der Waals surface area (Å²) in [5, 5.41) is 23.7. The fraction of sp³-hybridized carbons (Fsp3) is 0.960. The molecule has 9 nitrogen and oxygen atoms in total. The molecule has 3 N–H and O–H groups in total. The molecule has 35 heavy (non-hydrogen) atoms. The van der Waals surface area contributed by atoms with Crippen molar-refractivity contribution in [1.82, 2.24) is 5.32 Å². The van der Waals surface area contributed by atoms with Crippen molar-refractivity contribution in [2.45, 2.75) is 135 Å². The molecule has 210 valence electrons. The minimum atomic E-state index is -3.82. The number of nitrogens with one attached hydrogen (secondary N) is 1. The SMILES string of the molecule is CCCCCCCCCCCCCC[C@@H](O)[C@@H](O)[C@H](COP(=O)(OC)OC)NC(=O)OC(C)(C)C. The van der Waals surface area contributed by atoms with Crippen LogP contribution in [-0.4, -0.2) is 61.0 Å². The van der Waals surface area contributed by atoms with Gasteiger partial charge in [0.1, 0.15) is 11.7 Å². The van der Waals surface area contributed by atoms with Gasteiger partial charge in [-0.3, -0.25) is 13.6 Å². The third kappa shape index (κ3) is 18.2. The minimum Gasteiger partial charge on any atom is -0.444 e. The Kier molecular flexibility index (Phi) is 19.0. The van der Waals surface area contributed by atoms with E-state index in [0.29, 0.717) is 6.42 Å². The summed E-state index contributed by atoms with van der Waals surface area (Å²) in [6.45, 7) is 6.97. The topological polar surface area (TPSA) is 124 Å². The van der Waals surface area contributed by atoms with Gasteiger partial charge in [0.05, 0.1) is 18.8 Å². The molecule has 0 aromatic rings. The van der Waals surface area contributed by atoms with E-state index in [2.05, 4.69) is 12.2 Å². The smallest absolute Gasteiger partial charge is 0.444 e. The first kappa shape index (κ1) is 34.3. The Morgan fingerprint density at radius 2 is 1.31 bits per heavy atom. The van der Waals surface area contributed by atoms with Gasteiger partial charge in [0.2, 0.25) is 0 Å². The number of phosphoric acid groups is 1. The summed E-state index contributed by atoms with van der Waals surface area (Å²) >= 11 is 0. The van der Waals surface area contributed by atoms with Crippen molar-refractivity contribution in [2.75, 3.05) is 20.8 Å². The van der Waals surface area contributed by atoms with Gasteiger partial charge in [-0.25, -0.2) is 9.36 Å². The van der Waals surface area contributed by atoms with E-state index in [1.807, 2.05) is 0 Å². The van der Waals surface area contributed by atoms with Gasteiger partial charge >= 0.3 is 13.9 Å². The Balaban J connectivity index is 4.44. The van der Waals surface area contributed by atoms with Gasteiger partial charge in [-0.1, -0.05) is 84.0 Å². The number of hydrogen-bond acceptors (Lipinski definition) is 8.